The predicted octanol–water partition coefficient (Wildman–Crippen LogP) is 3.48. The lowest BCUT2D eigenvalue weighted by Gasteiger charge is -2.29. The number of benzene rings is 1. The maximum atomic E-state index is 13.9. The van der Waals surface area contributed by atoms with Crippen molar-refractivity contribution in [2.75, 3.05) is 13.7 Å². The molecule has 1 aliphatic heterocycles. The molecule has 1 fully saturated rings. The third-order valence-corrected chi connectivity index (χ3v) is 6.69. The molecule has 4 heterocycles. The summed E-state index contributed by atoms with van der Waals surface area (Å²) in [6, 6.07) is 10.6. The van der Waals surface area contributed by atoms with Crippen LogP contribution in [0.5, 0.6) is 5.88 Å². The van der Waals surface area contributed by atoms with Crippen LogP contribution in [0.15, 0.2) is 52.2 Å². The minimum Gasteiger partial charge on any atom is -0.481 e. The van der Waals surface area contributed by atoms with Gasteiger partial charge in [-0.1, -0.05) is 11.6 Å². The summed E-state index contributed by atoms with van der Waals surface area (Å²) >= 11 is 6.08. The molecule has 3 aromatic heterocycles. The van der Waals surface area contributed by atoms with Crippen molar-refractivity contribution in [3.05, 3.63) is 85.4 Å². The molecule has 0 amide bonds. The molecule has 5 rings (SSSR count). The zero-order chi connectivity index (χ0) is 24.7. The van der Waals surface area contributed by atoms with Crippen LogP contribution >= 0.6 is 11.6 Å². The quantitative estimate of drug-likeness (QED) is 0.429. The second-order valence-electron chi connectivity index (χ2n) is 8.52. The Bertz CT molecular complexity index is 1530. The van der Waals surface area contributed by atoms with Crippen LogP contribution in [0.1, 0.15) is 41.9 Å². The number of hydrogen-bond acceptors (Lipinski definition) is 7. The first-order valence-electron chi connectivity index (χ1n) is 11.2. The molecule has 35 heavy (non-hydrogen) atoms. The summed E-state index contributed by atoms with van der Waals surface area (Å²) in [6.45, 7) is 2.17. The fourth-order valence-electron chi connectivity index (χ4n) is 4.43. The molecule has 0 radical (unpaired) electrons. The van der Waals surface area contributed by atoms with Gasteiger partial charge in [-0.15, -0.1) is 0 Å². The number of methoxy groups -OCH3 is 1. The van der Waals surface area contributed by atoms with Crippen molar-refractivity contribution in [3.8, 4) is 11.6 Å². The highest BCUT2D eigenvalue weighted by Crippen LogP contribution is 2.36. The second kappa shape index (κ2) is 9.24. The molecular formula is C25H24ClN5O4. The summed E-state index contributed by atoms with van der Waals surface area (Å²) in [7, 11) is 3.20. The van der Waals surface area contributed by atoms with Gasteiger partial charge < -0.3 is 9.47 Å². The number of aromatic nitrogens is 5. The fraction of sp³-hybridized carbons (Fsp3) is 0.320. The van der Waals surface area contributed by atoms with Gasteiger partial charge in [0.15, 0.2) is 11.2 Å². The highest BCUT2D eigenvalue weighted by Gasteiger charge is 2.30. The van der Waals surface area contributed by atoms with Crippen molar-refractivity contribution in [1.29, 1.82) is 0 Å². The Morgan fingerprint density at radius 1 is 1.11 bits per heavy atom. The van der Waals surface area contributed by atoms with E-state index in [0.29, 0.717) is 47.6 Å². The van der Waals surface area contributed by atoms with E-state index in [2.05, 4.69) is 15.0 Å². The number of aryl methyl sites for hydroxylation is 1. The monoisotopic (exact) mass is 493 g/mol. The highest BCUT2D eigenvalue weighted by molar-refractivity contribution is 6.30. The molecule has 0 unspecified atom stereocenters. The third-order valence-electron chi connectivity index (χ3n) is 6.43. The molecule has 0 bridgehead atoms. The van der Waals surface area contributed by atoms with Gasteiger partial charge in [0.2, 0.25) is 5.88 Å². The Hall–Kier alpha value is -3.56. The first-order valence-corrected chi connectivity index (χ1v) is 11.6. The van der Waals surface area contributed by atoms with E-state index in [1.165, 1.54) is 9.13 Å². The van der Waals surface area contributed by atoms with Crippen molar-refractivity contribution in [2.45, 2.75) is 31.8 Å². The largest absolute Gasteiger partial charge is 0.481 e. The Kier molecular flexibility index (Phi) is 6.12. The summed E-state index contributed by atoms with van der Waals surface area (Å²) in [6.07, 6.45) is 2.54. The molecule has 4 aromatic rings. The van der Waals surface area contributed by atoms with E-state index in [0.717, 1.165) is 5.56 Å². The Labute approximate surface area is 206 Å². The summed E-state index contributed by atoms with van der Waals surface area (Å²) < 4.78 is 14.2. The average molecular weight is 494 g/mol. The van der Waals surface area contributed by atoms with Gasteiger partial charge in [-0.2, -0.15) is 0 Å². The number of pyridine rings is 1. The van der Waals surface area contributed by atoms with Crippen LogP contribution in [-0.2, 0) is 11.8 Å². The maximum Gasteiger partial charge on any atom is 0.281 e. The van der Waals surface area contributed by atoms with Crippen LogP contribution in [0.2, 0.25) is 5.02 Å². The molecule has 1 aromatic carbocycles. The maximum absolute atomic E-state index is 13.9. The Morgan fingerprint density at radius 3 is 2.63 bits per heavy atom. The molecule has 180 valence electrons. The first-order chi connectivity index (χ1) is 16.9. The van der Waals surface area contributed by atoms with Crippen LogP contribution in [0.4, 0.5) is 0 Å². The lowest BCUT2D eigenvalue weighted by molar-refractivity contribution is 0.00427. The normalized spacial score (nSPS) is 18.1. The lowest BCUT2D eigenvalue weighted by Crippen LogP contribution is -2.33. The van der Waals surface area contributed by atoms with E-state index < -0.39 is 0 Å². The van der Waals surface area contributed by atoms with Gasteiger partial charge in [0.05, 0.1) is 18.9 Å². The lowest BCUT2D eigenvalue weighted by atomic mass is 9.89. The van der Waals surface area contributed by atoms with Crippen LogP contribution in [0, 0.1) is 6.92 Å². The first kappa shape index (κ1) is 23.2. The zero-order valence-corrected chi connectivity index (χ0v) is 20.3. The van der Waals surface area contributed by atoms with Crippen molar-refractivity contribution < 1.29 is 9.47 Å². The van der Waals surface area contributed by atoms with Crippen LogP contribution < -0.4 is 15.9 Å². The summed E-state index contributed by atoms with van der Waals surface area (Å²) in [5, 5.41) is 0.542. The number of ether oxygens (including phenoxy) is 2. The van der Waals surface area contributed by atoms with Crippen molar-refractivity contribution in [3.63, 3.8) is 0 Å². The molecule has 1 aliphatic rings. The molecule has 9 nitrogen and oxygen atoms in total. The third kappa shape index (κ3) is 4.21. The van der Waals surface area contributed by atoms with E-state index >= 15 is 0 Å². The summed E-state index contributed by atoms with van der Waals surface area (Å²) in [5.74, 6) is 0.762. The Balaban J connectivity index is 1.67. The highest BCUT2D eigenvalue weighted by atomic mass is 35.5. The molecule has 10 heteroatoms. The van der Waals surface area contributed by atoms with Crippen LogP contribution in [-0.4, -0.2) is 37.8 Å². The van der Waals surface area contributed by atoms with Gasteiger partial charge in [-0.25, -0.2) is 15.0 Å². The molecule has 0 saturated carbocycles. The van der Waals surface area contributed by atoms with Gasteiger partial charge in [0.1, 0.15) is 11.5 Å². The number of halogens is 1. The van der Waals surface area contributed by atoms with Gasteiger partial charge in [0.25, 0.3) is 11.1 Å². The van der Waals surface area contributed by atoms with E-state index in [9.17, 15) is 9.59 Å². The SMILES string of the molecule is COc1cc([C@H]2C[C@@H](c3nc4c(=O)n(C)c(C)nc4n(-c4ccc(Cl)cc4)c3=O)CCO2)ccn1. The zero-order valence-electron chi connectivity index (χ0n) is 19.6. The van der Waals surface area contributed by atoms with Crippen LogP contribution in [0.3, 0.4) is 0 Å². The summed E-state index contributed by atoms with van der Waals surface area (Å²) in [4.78, 5) is 40.4. The van der Waals surface area contributed by atoms with Gasteiger partial charge in [0, 0.05) is 36.9 Å². The molecule has 0 aliphatic carbocycles. The Morgan fingerprint density at radius 2 is 1.89 bits per heavy atom. The van der Waals surface area contributed by atoms with E-state index in [4.69, 9.17) is 21.1 Å². The predicted molar refractivity (Wildman–Crippen MR) is 132 cm³/mol. The minimum atomic E-state index is -0.307. The number of fused-ring (bicyclic) bond motifs is 1. The molecule has 2 atom stereocenters. The molecular weight excluding hydrogens is 470 g/mol. The van der Waals surface area contributed by atoms with Crippen LogP contribution in [0.25, 0.3) is 16.9 Å². The fourth-order valence-corrected chi connectivity index (χ4v) is 4.55. The van der Waals surface area contributed by atoms with Gasteiger partial charge >= 0.3 is 0 Å². The van der Waals surface area contributed by atoms with Crippen molar-refractivity contribution >= 4 is 22.8 Å². The van der Waals surface area contributed by atoms with Gasteiger partial charge in [-0.05, 0) is 55.7 Å². The molecule has 1 saturated heterocycles. The second-order valence-corrected chi connectivity index (χ2v) is 8.96. The summed E-state index contributed by atoms with van der Waals surface area (Å²) in [5.41, 5.74) is 1.56. The van der Waals surface area contributed by atoms with E-state index in [1.54, 1.807) is 51.5 Å². The molecule has 0 spiro atoms. The number of rotatable bonds is 4. The van der Waals surface area contributed by atoms with Crippen molar-refractivity contribution in [1.82, 2.24) is 24.1 Å². The number of hydrogen-bond donors (Lipinski definition) is 0. The van der Waals surface area contributed by atoms with E-state index in [1.807, 2.05) is 12.1 Å². The topological polar surface area (TPSA) is 101 Å². The average Bonchev–Trinajstić information content (AvgIpc) is 2.88. The van der Waals surface area contributed by atoms with E-state index in [-0.39, 0.29) is 34.3 Å². The number of nitrogens with zero attached hydrogens (tertiary/aromatic N) is 5. The smallest absolute Gasteiger partial charge is 0.281 e. The van der Waals surface area contributed by atoms with Gasteiger partial charge in [-0.3, -0.25) is 18.7 Å². The minimum absolute atomic E-state index is 0.149. The van der Waals surface area contributed by atoms with Crippen molar-refractivity contribution in [2.24, 2.45) is 7.05 Å². The molecule has 0 N–H and O–H groups in total. The standard InChI is InChI=1S/C25H24ClN5O4/c1-14-28-23-22(24(32)30(14)2)29-21(25(33)31(23)18-6-4-17(26)5-7-18)16-9-11-35-19(12-16)15-8-10-27-20(13-15)34-3/h4-8,10,13,16,19H,9,11-12H2,1-3H3/t16-,19+/m0/s1.